The van der Waals surface area contributed by atoms with Crippen LogP contribution in [0.25, 0.3) is 10.9 Å². The lowest BCUT2D eigenvalue weighted by molar-refractivity contribution is 0.321. The normalized spacial score (nSPS) is 15.0. The van der Waals surface area contributed by atoms with Crippen LogP contribution < -0.4 is 5.32 Å². The summed E-state index contributed by atoms with van der Waals surface area (Å²) in [5.41, 5.74) is 2.84. The van der Waals surface area contributed by atoms with Crippen LogP contribution in [0.5, 0.6) is 0 Å². The number of aromatic nitrogens is 4. The lowest BCUT2D eigenvalue weighted by Crippen LogP contribution is -2.21. The van der Waals surface area contributed by atoms with Crippen LogP contribution in [0, 0.1) is 0 Å². The maximum atomic E-state index is 6.05. The van der Waals surface area contributed by atoms with E-state index in [0.29, 0.717) is 11.6 Å². The highest BCUT2D eigenvalue weighted by atomic mass is 35.5. The molecular formula is C19H23ClN6. The van der Waals surface area contributed by atoms with E-state index in [9.17, 15) is 0 Å². The summed E-state index contributed by atoms with van der Waals surface area (Å²) >= 11 is 6.05. The fraction of sp³-hybridized carbons (Fsp3) is 0.421. The maximum Gasteiger partial charge on any atom is 0.102 e. The first kappa shape index (κ1) is 17.2. The molecule has 1 fully saturated rings. The first-order valence-corrected chi connectivity index (χ1v) is 9.55. The van der Waals surface area contributed by atoms with Gasteiger partial charge in [-0.2, -0.15) is 0 Å². The number of rotatable bonds is 7. The molecular weight excluding hydrogens is 348 g/mol. The van der Waals surface area contributed by atoms with Gasteiger partial charge in [0, 0.05) is 28.8 Å². The molecule has 0 radical (unpaired) electrons. The molecule has 1 aliphatic rings. The molecule has 1 aliphatic heterocycles. The van der Waals surface area contributed by atoms with Crippen molar-refractivity contribution in [1.29, 1.82) is 0 Å². The number of pyridine rings is 1. The molecule has 1 aromatic carbocycles. The Labute approximate surface area is 158 Å². The average molecular weight is 371 g/mol. The van der Waals surface area contributed by atoms with Gasteiger partial charge in [-0.25, -0.2) is 0 Å². The van der Waals surface area contributed by atoms with Crippen molar-refractivity contribution in [2.45, 2.75) is 32.4 Å². The van der Waals surface area contributed by atoms with Crippen LogP contribution in [-0.2, 0) is 13.1 Å². The van der Waals surface area contributed by atoms with E-state index in [1.54, 1.807) is 6.20 Å². The predicted octanol–water partition coefficient (Wildman–Crippen LogP) is 3.58. The minimum atomic E-state index is 0.633. The second-order valence-corrected chi connectivity index (χ2v) is 7.19. The Kier molecular flexibility index (Phi) is 5.32. The van der Waals surface area contributed by atoms with Crippen LogP contribution in [0.4, 0.5) is 5.69 Å². The maximum absolute atomic E-state index is 6.05. The van der Waals surface area contributed by atoms with E-state index in [1.165, 1.54) is 25.9 Å². The molecule has 6 nitrogen and oxygen atoms in total. The van der Waals surface area contributed by atoms with E-state index in [0.717, 1.165) is 41.8 Å². The Bertz CT molecular complexity index is 871. The summed E-state index contributed by atoms with van der Waals surface area (Å²) in [7, 11) is 0. The molecule has 2 aromatic heterocycles. The monoisotopic (exact) mass is 370 g/mol. The molecule has 0 atom stereocenters. The molecule has 26 heavy (non-hydrogen) atoms. The van der Waals surface area contributed by atoms with E-state index < -0.39 is 0 Å². The third kappa shape index (κ3) is 4.14. The average Bonchev–Trinajstić information content (AvgIpc) is 3.32. The number of halogens is 1. The van der Waals surface area contributed by atoms with Gasteiger partial charge >= 0.3 is 0 Å². The number of aryl methyl sites for hydroxylation is 1. The molecule has 0 unspecified atom stereocenters. The van der Waals surface area contributed by atoms with Crippen molar-refractivity contribution < 1.29 is 0 Å². The number of fused-ring (bicyclic) bond motifs is 1. The molecule has 1 N–H and O–H groups in total. The number of anilines is 1. The van der Waals surface area contributed by atoms with Crippen molar-refractivity contribution in [3.63, 3.8) is 0 Å². The molecule has 0 amide bonds. The summed E-state index contributed by atoms with van der Waals surface area (Å²) in [6.07, 6.45) is 7.61. The molecule has 0 bridgehead atoms. The Balaban J connectivity index is 1.33. The fourth-order valence-electron chi connectivity index (χ4n) is 3.45. The topological polar surface area (TPSA) is 58.9 Å². The third-order valence-electron chi connectivity index (χ3n) is 4.81. The van der Waals surface area contributed by atoms with Crippen LogP contribution in [0.1, 0.15) is 25.0 Å². The number of benzene rings is 1. The summed E-state index contributed by atoms with van der Waals surface area (Å²) in [6.45, 7) is 5.20. The summed E-state index contributed by atoms with van der Waals surface area (Å²) < 4.78 is 1.94. The Morgan fingerprint density at radius 2 is 2.00 bits per heavy atom. The van der Waals surface area contributed by atoms with E-state index >= 15 is 0 Å². The van der Waals surface area contributed by atoms with Crippen molar-refractivity contribution in [2.24, 2.45) is 0 Å². The second kappa shape index (κ2) is 8.01. The van der Waals surface area contributed by atoms with Crippen LogP contribution in [0.2, 0.25) is 5.02 Å². The van der Waals surface area contributed by atoms with Gasteiger partial charge in [0.2, 0.25) is 0 Å². The highest BCUT2D eigenvalue weighted by molar-refractivity contribution is 6.31. The van der Waals surface area contributed by atoms with Crippen molar-refractivity contribution in [1.82, 2.24) is 24.9 Å². The predicted molar refractivity (Wildman–Crippen MR) is 104 cm³/mol. The molecule has 3 heterocycles. The Morgan fingerprint density at radius 1 is 1.12 bits per heavy atom. The van der Waals surface area contributed by atoms with Crippen molar-refractivity contribution in [2.75, 3.05) is 25.0 Å². The summed E-state index contributed by atoms with van der Waals surface area (Å²) in [5.74, 6) is 0. The van der Waals surface area contributed by atoms with Gasteiger partial charge in [0.15, 0.2) is 0 Å². The van der Waals surface area contributed by atoms with Gasteiger partial charge in [-0.05, 0) is 63.2 Å². The molecule has 1 saturated heterocycles. The van der Waals surface area contributed by atoms with Crippen molar-refractivity contribution in [3.8, 4) is 0 Å². The van der Waals surface area contributed by atoms with E-state index in [1.807, 2.05) is 35.1 Å². The molecule has 0 spiro atoms. The van der Waals surface area contributed by atoms with Crippen molar-refractivity contribution >= 4 is 28.2 Å². The second-order valence-electron chi connectivity index (χ2n) is 6.75. The van der Waals surface area contributed by atoms with Gasteiger partial charge in [-0.15, -0.1) is 5.10 Å². The molecule has 0 aliphatic carbocycles. The lowest BCUT2D eigenvalue weighted by Gasteiger charge is -2.13. The molecule has 4 rings (SSSR count). The van der Waals surface area contributed by atoms with Crippen LogP contribution in [0.3, 0.4) is 0 Å². The molecule has 7 heteroatoms. The van der Waals surface area contributed by atoms with E-state index in [4.69, 9.17) is 11.6 Å². The lowest BCUT2D eigenvalue weighted by atomic mass is 10.2. The van der Waals surface area contributed by atoms with Gasteiger partial charge < -0.3 is 10.2 Å². The summed E-state index contributed by atoms with van der Waals surface area (Å²) in [5, 5.41) is 13.7. The van der Waals surface area contributed by atoms with Gasteiger partial charge in [-0.3, -0.25) is 9.67 Å². The number of hydrogen-bond donors (Lipinski definition) is 1. The van der Waals surface area contributed by atoms with Crippen molar-refractivity contribution in [3.05, 3.63) is 47.4 Å². The van der Waals surface area contributed by atoms with E-state index in [-0.39, 0.29) is 0 Å². The van der Waals surface area contributed by atoms with Crippen LogP contribution in [-0.4, -0.2) is 44.5 Å². The Hall–Kier alpha value is -2.18. The van der Waals surface area contributed by atoms with Gasteiger partial charge in [0.1, 0.15) is 5.69 Å². The third-order valence-corrected chi connectivity index (χ3v) is 5.05. The SMILES string of the molecule is Clc1ccc2c(NCc3cn(CCCN4CCCC4)nn3)ccnc2c1. The first-order chi connectivity index (χ1) is 12.8. The highest BCUT2D eigenvalue weighted by Gasteiger charge is 2.11. The Morgan fingerprint density at radius 3 is 2.88 bits per heavy atom. The zero-order valence-corrected chi connectivity index (χ0v) is 15.5. The van der Waals surface area contributed by atoms with Gasteiger partial charge in [0.25, 0.3) is 0 Å². The standard InChI is InChI=1S/C19H23ClN6/c20-15-4-5-17-18(6-7-21-19(17)12-15)22-13-16-14-26(24-23-16)11-3-10-25-8-1-2-9-25/h4-7,12,14H,1-3,8-11,13H2,(H,21,22). The molecule has 3 aromatic rings. The first-order valence-electron chi connectivity index (χ1n) is 9.17. The highest BCUT2D eigenvalue weighted by Crippen LogP contribution is 2.24. The largest absolute Gasteiger partial charge is 0.379 e. The number of hydrogen-bond acceptors (Lipinski definition) is 5. The number of nitrogens with zero attached hydrogens (tertiary/aromatic N) is 5. The smallest absolute Gasteiger partial charge is 0.102 e. The zero-order chi connectivity index (χ0) is 17.8. The number of nitrogens with one attached hydrogen (secondary N) is 1. The minimum absolute atomic E-state index is 0.633. The quantitative estimate of drug-likeness (QED) is 0.688. The van der Waals surface area contributed by atoms with Gasteiger partial charge in [-0.1, -0.05) is 16.8 Å². The summed E-state index contributed by atoms with van der Waals surface area (Å²) in [4.78, 5) is 6.90. The molecule has 0 saturated carbocycles. The summed E-state index contributed by atoms with van der Waals surface area (Å²) in [6, 6.07) is 7.71. The minimum Gasteiger partial charge on any atom is -0.379 e. The van der Waals surface area contributed by atoms with Crippen LogP contribution >= 0.6 is 11.6 Å². The van der Waals surface area contributed by atoms with Crippen LogP contribution in [0.15, 0.2) is 36.7 Å². The fourth-order valence-corrected chi connectivity index (χ4v) is 3.62. The van der Waals surface area contributed by atoms with Gasteiger partial charge in [0.05, 0.1) is 18.3 Å². The molecule has 136 valence electrons. The zero-order valence-electron chi connectivity index (χ0n) is 14.7. The van der Waals surface area contributed by atoms with E-state index in [2.05, 4.69) is 25.5 Å². The number of likely N-dealkylation sites (tertiary alicyclic amines) is 1.